The van der Waals surface area contributed by atoms with Crippen molar-refractivity contribution in [2.45, 2.75) is 25.7 Å². The Morgan fingerprint density at radius 1 is 1.00 bits per heavy atom. The molecule has 1 saturated heterocycles. The first-order valence-electron chi connectivity index (χ1n) is 11.5. The van der Waals surface area contributed by atoms with Gasteiger partial charge in [0.25, 0.3) is 0 Å². The molecule has 0 bridgehead atoms. The molecule has 4 aliphatic rings. The van der Waals surface area contributed by atoms with E-state index in [1.807, 2.05) is 17.0 Å². The molecule has 0 spiro atoms. The van der Waals surface area contributed by atoms with Gasteiger partial charge in [0, 0.05) is 49.5 Å². The summed E-state index contributed by atoms with van der Waals surface area (Å²) >= 11 is 0. The Kier molecular flexibility index (Phi) is 4.88. The second-order valence-corrected chi connectivity index (χ2v) is 9.07. The lowest BCUT2D eigenvalue weighted by molar-refractivity contribution is -0.246. The number of piperazine rings is 1. The summed E-state index contributed by atoms with van der Waals surface area (Å²) in [4.78, 5) is 5.01. The van der Waals surface area contributed by atoms with Crippen LogP contribution in [0.5, 0.6) is 17.2 Å². The van der Waals surface area contributed by atoms with Gasteiger partial charge < -0.3 is 24.0 Å². The second kappa shape index (κ2) is 7.73. The van der Waals surface area contributed by atoms with Crippen molar-refractivity contribution < 1.29 is 27.4 Å². The Morgan fingerprint density at radius 2 is 1.74 bits per heavy atom. The van der Waals surface area contributed by atoms with Gasteiger partial charge in [-0.3, -0.25) is 0 Å². The number of hydrogen-bond acceptors (Lipinski definition) is 6. The minimum Gasteiger partial charge on any atom is -0.495 e. The molecule has 4 heterocycles. The second-order valence-electron chi connectivity index (χ2n) is 9.07. The summed E-state index contributed by atoms with van der Waals surface area (Å²) in [5, 5.41) is 0. The minimum absolute atomic E-state index is 0.0410. The van der Waals surface area contributed by atoms with E-state index in [1.54, 1.807) is 7.11 Å². The molecule has 2 aromatic rings. The van der Waals surface area contributed by atoms with E-state index in [0.717, 1.165) is 52.5 Å². The number of hydrogen-bond donors (Lipinski definition) is 0. The lowest BCUT2D eigenvalue weighted by atomic mass is 9.86. The summed E-state index contributed by atoms with van der Waals surface area (Å²) in [6.45, 7) is 3.72. The predicted molar refractivity (Wildman–Crippen MR) is 122 cm³/mol. The van der Waals surface area contributed by atoms with Crippen molar-refractivity contribution in [3.05, 3.63) is 46.5 Å². The zero-order chi connectivity index (χ0) is 23.6. The van der Waals surface area contributed by atoms with Crippen LogP contribution in [0.2, 0.25) is 0 Å². The van der Waals surface area contributed by atoms with Gasteiger partial charge in [-0.05, 0) is 48.7 Å². The molecular formula is C25H26F3N3O3. The zero-order valence-corrected chi connectivity index (χ0v) is 19.1. The monoisotopic (exact) mass is 473 g/mol. The molecule has 180 valence electrons. The fraction of sp³-hybridized carbons (Fsp3) is 0.440. The van der Waals surface area contributed by atoms with Crippen molar-refractivity contribution in [1.29, 1.82) is 0 Å². The summed E-state index contributed by atoms with van der Waals surface area (Å²) in [6, 6.07) is 8.15. The Labute approximate surface area is 196 Å². The fourth-order valence-electron chi connectivity index (χ4n) is 5.65. The van der Waals surface area contributed by atoms with Gasteiger partial charge in [-0.1, -0.05) is 6.07 Å². The minimum atomic E-state index is -4.30. The smallest absolute Gasteiger partial charge is 0.460 e. The molecule has 2 aromatic carbocycles. The molecule has 0 N–H and O–H groups in total. The molecular weight excluding hydrogens is 447 g/mol. The van der Waals surface area contributed by atoms with Gasteiger partial charge in [-0.2, -0.15) is 13.2 Å². The van der Waals surface area contributed by atoms with Gasteiger partial charge in [-0.25, -0.2) is 4.90 Å². The average Bonchev–Trinajstić information content (AvgIpc) is 3.29. The first-order valence-corrected chi connectivity index (χ1v) is 11.5. The van der Waals surface area contributed by atoms with Crippen LogP contribution in [0.15, 0.2) is 24.3 Å². The summed E-state index contributed by atoms with van der Waals surface area (Å²) in [7, 11) is 1.62. The number of fused-ring (bicyclic) bond motifs is 5. The maximum Gasteiger partial charge on any atom is 0.460 e. The van der Waals surface area contributed by atoms with Crippen LogP contribution in [-0.2, 0) is 6.42 Å². The summed E-state index contributed by atoms with van der Waals surface area (Å²) in [6.07, 6.45) is -1.23. The number of nitrogens with zero attached hydrogens (tertiary/aromatic N) is 3. The summed E-state index contributed by atoms with van der Waals surface area (Å²) in [5.74, 6) is 2.25. The van der Waals surface area contributed by atoms with Crippen LogP contribution in [0.3, 0.4) is 0 Å². The fourth-order valence-corrected chi connectivity index (χ4v) is 5.65. The highest BCUT2D eigenvalue weighted by atomic mass is 19.4. The number of ether oxygens (including phenoxy) is 3. The largest absolute Gasteiger partial charge is 0.495 e. The highest BCUT2D eigenvalue weighted by Crippen LogP contribution is 2.50. The van der Waals surface area contributed by atoms with Crippen molar-refractivity contribution in [3.8, 4) is 17.2 Å². The highest BCUT2D eigenvalue weighted by molar-refractivity contribution is 5.89. The van der Waals surface area contributed by atoms with Gasteiger partial charge in [0.15, 0.2) is 11.5 Å². The Hall–Kier alpha value is -3.07. The lowest BCUT2D eigenvalue weighted by Crippen LogP contribution is -2.52. The normalized spacial score (nSPS) is 21.6. The molecule has 0 amide bonds. The highest BCUT2D eigenvalue weighted by Gasteiger charge is 2.40. The Morgan fingerprint density at radius 3 is 2.44 bits per heavy atom. The molecule has 1 unspecified atom stereocenters. The number of benzene rings is 2. The molecule has 6 rings (SSSR count). The molecule has 34 heavy (non-hydrogen) atoms. The Balaban J connectivity index is 1.42. The number of anilines is 1. The summed E-state index contributed by atoms with van der Waals surface area (Å²) < 4.78 is 56.5. The first kappa shape index (κ1) is 21.5. The third-order valence-corrected chi connectivity index (χ3v) is 7.37. The van der Waals surface area contributed by atoms with Crippen LogP contribution in [0.4, 0.5) is 18.9 Å². The van der Waals surface area contributed by atoms with E-state index in [0.29, 0.717) is 23.7 Å². The average molecular weight is 473 g/mol. The number of methoxy groups -OCH3 is 1. The quantitative estimate of drug-likeness (QED) is 0.599. The van der Waals surface area contributed by atoms with Gasteiger partial charge in [0.2, 0.25) is 6.79 Å². The van der Waals surface area contributed by atoms with E-state index in [1.165, 1.54) is 5.56 Å². The SMILES string of the molecule is COc1ccc2c(c1N1CCN(C(F)(F)F)CC1)C(C)N1CCc3cc4c(cc3C1=C2)OCO4. The van der Waals surface area contributed by atoms with Crippen LogP contribution in [0.1, 0.15) is 35.2 Å². The molecule has 9 heteroatoms. The molecule has 0 radical (unpaired) electrons. The molecule has 6 nitrogen and oxygen atoms in total. The van der Waals surface area contributed by atoms with E-state index in [-0.39, 0.29) is 25.9 Å². The van der Waals surface area contributed by atoms with Crippen LogP contribution in [0, 0.1) is 0 Å². The predicted octanol–water partition coefficient (Wildman–Crippen LogP) is 4.50. The summed E-state index contributed by atoms with van der Waals surface area (Å²) in [5.41, 5.74) is 6.59. The maximum absolute atomic E-state index is 13.2. The lowest BCUT2D eigenvalue weighted by Gasteiger charge is -2.44. The number of halogens is 3. The molecule has 0 saturated carbocycles. The van der Waals surface area contributed by atoms with Crippen molar-refractivity contribution in [1.82, 2.24) is 9.80 Å². The molecule has 0 aromatic heterocycles. The molecule has 1 atom stereocenters. The molecule has 1 fully saturated rings. The molecule has 0 aliphatic carbocycles. The van der Waals surface area contributed by atoms with Crippen LogP contribution < -0.4 is 19.1 Å². The first-order chi connectivity index (χ1) is 16.3. The van der Waals surface area contributed by atoms with Crippen LogP contribution in [0.25, 0.3) is 11.8 Å². The van der Waals surface area contributed by atoms with Crippen LogP contribution >= 0.6 is 0 Å². The third kappa shape index (κ3) is 3.28. The van der Waals surface area contributed by atoms with Crippen molar-refractivity contribution in [2.24, 2.45) is 0 Å². The Bertz CT molecular complexity index is 1170. The maximum atomic E-state index is 13.2. The van der Waals surface area contributed by atoms with E-state index in [9.17, 15) is 13.2 Å². The number of alkyl halides is 3. The topological polar surface area (TPSA) is 37.4 Å². The molecule has 4 aliphatic heterocycles. The number of rotatable bonds is 2. The van der Waals surface area contributed by atoms with E-state index in [4.69, 9.17) is 14.2 Å². The van der Waals surface area contributed by atoms with Gasteiger partial charge in [0.1, 0.15) is 5.75 Å². The standard InChI is InChI=1S/C25H26F3N3O3/c1-15-23-17(3-4-20(32-2)24(23)29-7-9-30(10-8-29)25(26,27)28)11-19-18-13-22-21(33-14-34-22)12-16(18)5-6-31(15)19/h3-4,11-13,15H,5-10,14H2,1-2H3. The van der Waals surface area contributed by atoms with Crippen molar-refractivity contribution >= 4 is 17.5 Å². The third-order valence-electron chi connectivity index (χ3n) is 7.37. The van der Waals surface area contributed by atoms with E-state index >= 15 is 0 Å². The zero-order valence-electron chi connectivity index (χ0n) is 19.1. The van der Waals surface area contributed by atoms with Gasteiger partial charge in [-0.15, -0.1) is 0 Å². The van der Waals surface area contributed by atoms with Crippen LogP contribution in [-0.4, -0.2) is 62.7 Å². The van der Waals surface area contributed by atoms with Crippen molar-refractivity contribution in [2.75, 3.05) is 51.5 Å². The van der Waals surface area contributed by atoms with Gasteiger partial charge >= 0.3 is 6.30 Å². The van der Waals surface area contributed by atoms with E-state index < -0.39 is 6.30 Å². The van der Waals surface area contributed by atoms with Gasteiger partial charge in [0.05, 0.1) is 18.8 Å². The van der Waals surface area contributed by atoms with E-state index in [2.05, 4.69) is 30.0 Å². The van der Waals surface area contributed by atoms with Crippen molar-refractivity contribution in [3.63, 3.8) is 0 Å².